The number of carbonyl (C=O) groups excluding carboxylic acids is 2. The van der Waals surface area contributed by atoms with Crippen LogP contribution in [-0.2, 0) is 4.79 Å². The van der Waals surface area contributed by atoms with Crippen molar-refractivity contribution in [1.29, 1.82) is 0 Å². The highest BCUT2D eigenvalue weighted by Gasteiger charge is 2.31. The molecule has 25 heavy (non-hydrogen) atoms. The molecule has 7 heteroatoms. The van der Waals surface area contributed by atoms with Gasteiger partial charge in [-0.25, -0.2) is 8.78 Å². The van der Waals surface area contributed by atoms with Gasteiger partial charge in [0.25, 0.3) is 5.91 Å². The van der Waals surface area contributed by atoms with E-state index >= 15 is 0 Å². The summed E-state index contributed by atoms with van der Waals surface area (Å²) in [6, 6.07) is 3.46. The normalized spacial score (nSPS) is 23.8. The van der Waals surface area contributed by atoms with Crippen molar-refractivity contribution in [2.75, 3.05) is 26.2 Å². The monoisotopic (exact) mass is 351 g/mol. The van der Waals surface area contributed by atoms with Crippen molar-refractivity contribution in [2.45, 2.75) is 31.7 Å². The fraction of sp³-hybridized carbons (Fsp3) is 0.556. The van der Waals surface area contributed by atoms with Crippen molar-refractivity contribution in [2.24, 2.45) is 11.7 Å². The van der Waals surface area contributed by atoms with Gasteiger partial charge in [-0.2, -0.15) is 0 Å². The van der Waals surface area contributed by atoms with Crippen LogP contribution in [0.2, 0.25) is 0 Å². The number of hydrogen-bond acceptors (Lipinski definition) is 3. The molecule has 2 fully saturated rings. The molecule has 3 rings (SSSR count). The highest BCUT2D eigenvalue weighted by molar-refractivity contribution is 5.95. The van der Waals surface area contributed by atoms with Crippen molar-refractivity contribution >= 4 is 11.8 Å². The maximum absolute atomic E-state index is 13.8. The summed E-state index contributed by atoms with van der Waals surface area (Å²) in [6.07, 6.45) is 3.46. The maximum Gasteiger partial charge on any atom is 0.259 e. The van der Waals surface area contributed by atoms with E-state index in [-0.39, 0.29) is 31.0 Å². The van der Waals surface area contributed by atoms with Gasteiger partial charge in [0.1, 0.15) is 17.2 Å². The number of carbonyl (C=O) groups is 2. The Morgan fingerprint density at radius 3 is 2.20 bits per heavy atom. The van der Waals surface area contributed by atoms with E-state index in [1.165, 1.54) is 11.0 Å². The molecule has 0 unspecified atom stereocenters. The molecule has 2 atom stereocenters. The van der Waals surface area contributed by atoms with Crippen molar-refractivity contribution in [3.63, 3.8) is 0 Å². The maximum atomic E-state index is 13.8. The summed E-state index contributed by atoms with van der Waals surface area (Å²) in [7, 11) is 0. The van der Waals surface area contributed by atoms with E-state index in [9.17, 15) is 18.4 Å². The number of amides is 2. The minimum Gasteiger partial charge on any atom is -0.339 e. The molecule has 1 aromatic carbocycles. The number of rotatable bonds is 3. The van der Waals surface area contributed by atoms with Gasteiger partial charge in [-0.05, 0) is 30.9 Å². The zero-order valence-corrected chi connectivity index (χ0v) is 14.1. The number of piperazine rings is 1. The highest BCUT2D eigenvalue weighted by atomic mass is 19.1. The molecule has 2 N–H and O–H groups in total. The summed E-state index contributed by atoms with van der Waals surface area (Å²) in [5, 5.41) is 0. The third kappa shape index (κ3) is 3.81. The lowest BCUT2D eigenvalue weighted by Crippen LogP contribution is -2.51. The Kier molecular flexibility index (Phi) is 5.32. The van der Waals surface area contributed by atoms with E-state index in [0.29, 0.717) is 19.5 Å². The van der Waals surface area contributed by atoms with Gasteiger partial charge < -0.3 is 15.5 Å². The second kappa shape index (κ2) is 7.47. The van der Waals surface area contributed by atoms with Gasteiger partial charge in [-0.15, -0.1) is 0 Å². The predicted octanol–water partition coefficient (Wildman–Crippen LogP) is 1.77. The van der Waals surface area contributed by atoms with Gasteiger partial charge in [0.05, 0.1) is 0 Å². The standard InChI is InChI=1S/C18H23F2N3O2/c19-13-4-2-5-14(20)17(13)18(25)23-9-7-22(8-10-23)16(24)11-12-3-1-6-15(12)21/h2,4-5,12,15H,1,3,6-11,21H2/t12-,15+/m0/s1. The fourth-order valence-corrected chi connectivity index (χ4v) is 3.69. The van der Waals surface area contributed by atoms with Gasteiger partial charge >= 0.3 is 0 Å². The summed E-state index contributed by atoms with van der Waals surface area (Å²) in [6.45, 7) is 1.30. The molecule has 2 amide bonds. The van der Waals surface area contributed by atoms with Crippen LogP contribution in [0.15, 0.2) is 18.2 Å². The molecule has 1 aromatic rings. The molecule has 0 spiro atoms. The summed E-state index contributed by atoms with van der Waals surface area (Å²) >= 11 is 0. The van der Waals surface area contributed by atoms with Gasteiger partial charge in [-0.3, -0.25) is 9.59 Å². The van der Waals surface area contributed by atoms with E-state index in [2.05, 4.69) is 0 Å². The lowest BCUT2D eigenvalue weighted by molar-refractivity contribution is -0.133. The van der Waals surface area contributed by atoms with Crippen molar-refractivity contribution < 1.29 is 18.4 Å². The first-order chi connectivity index (χ1) is 12.0. The quantitative estimate of drug-likeness (QED) is 0.902. The number of halogens is 2. The van der Waals surface area contributed by atoms with Crippen molar-refractivity contribution in [3.8, 4) is 0 Å². The van der Waals surface area contributed by atoms with Crippen LogP contribution in [0, 0.1) is 17.6 Å². The smallest absolute Gasteiger partial charge is 0.259 e. The number of hydrogen-bond donors (Lipinski definition) is 1. The first kappa shape index (κ1) is 17.8. The minimum atomic E-state index is -0.862. The minimum absolute atomic E-state index is 0.0477. The third-order valence-corrected chi connectivity index (χ3v) is 5.25. The summed E-state index contributed by atoms with van der Waals surface area (Å²) in [5.74, 6) is -2.11. The molecule has 1 heterocycles. The van der Waals surface area contributed by atoms with Crippen LogP contribution in [-0.4, -0.2) is 53.8 Å². The predicted molar refractivity (Wildman–Crippen MR) is 88.8 cm³/mol. The number of nitrogens with zero attached hydrogens (tertiary/aromatic N) is 2. The average molecular weight is 351 g/mol. The molecule has 5 nitrogen and oxygen atoms in total. The van der Waals surface area contributed by atoms with Crippen LogP contribution >= 0.6 is 0 Å². The van der Waals surface area contributed by atoms with Crippen LogP contribution in [0.25, 0.3) is 0 Å². The second-order valence-electron chi connectivity index (χ2n) is 6.83. The van der Waals surface area contributed by atoms with Crippen LogP contribution in [0.1, 0.15) is 36.0 Å². The second-order valence-corrected chi connectivity index (χ2v) is 6.83. The Morgan fingerprint density at radius 2 is 1.64 bits per heavy atom. The SMILES string of the molecule is N[C@@H]1CCC[C@H]1CC(=O)N1CCN(C(=O)c2c(F)cccc2F)CC1. The zero-order valence-electron chi connectivity index (χ0n) is 14.1. The lowest BCUT2D eigenvalue weighted by atomic mass is 9.99. The molecule has 1 aliphatic carbocycles. The largest absolute Gasteiger partial charge is 0.339 e. The molecule has 136 valence electrons. The summed E-state index contributed by atoms with van der Waals surface area (Å²) < 4.78 is 27.5. The van der Waals surface area contributed by atoms with Gasteiger partial charge in [-0.1, -0.05) is 12.5 Å². The van der Waals surface area contributed by atoms with Crippen LogP contribution in [0.3, 0.4) is 0 Å². The topological polar surface area (TPSA) is 66.6 Å². The van der Waals surface area contributed by atoms with E-state index in [1.54, 1.807) is 4.90 Å². The Labute approximate surface area is 145 Å². The van der Waals surface area contributed by atoms with E-state index in [4.69, 9.17) is 5.73 Å². The molecular weight excluding hydrogens is 328 g/mol. The molecule has 1 aliphatic heterocycles. The van der Waals surface area contributed by atoms with E-state index in [1.807, 2.05) is 0 Å². The van der Waals surface area contributed by atoms with Gasteiger partial charge in [0.15, 0.2) is 0 Å². The average Bonchev–Trinajstić information content (AvgIpc) is 2.99. The molecular formula is C18H23F2N3O2. The molecule has 1 saturated carbocycles. The Balaban J connectivity index is 1.56. The Hall–Kier alpha value is -2.02. The first-order valence-corrected chi connectivity index (χ1v) is 8.74. The fourth-order valence-electron chi connectivity index (χ4n) is 3.69. The third-order valence-electron chi connectivity index (χ3n) is 5.25. The highest BCUT2D eigenvalue weighted by Crippen LogP contribution is 2.27. The lowest BCUT2D eigenvalue weighted by Gasteiger charge is -2.35. The number of benzene rings is 1. The summed E-state index contributed by atoms with van der Waals surface area (Å²) in [5.41, 5.74) is 5.49. The number of nitrogens with two attached hydrogens (primary N) is 1. The van der Waals surface area contributed by atoms with Crippen molar-refractivity contribution in [1.82, 2.24) is 9.80 Å². The Morgan fingerprint density at radius 1 is 1.04 bits per heavy atom. The molecule has 0 bridgehead atoms. The molecule has 1 saturated heterocycles. The first-order valence-electron chi connectivity index (χ1n) is 8.74. The van der Waals surface area contributed by atoms with Crippen molar-refractivity contribution in [3.05, 3.63) is 35.4 Å². The van der Waals surface area contributed by atoms with Crippen LogP contribution in [0.4, 0.5) is 8.78 Å². The van der Waals surface area contributed by atoms with Gasteiger partial charge in [0.2, 0.25) is 5.91 Å². The van der Waals surface area contributed by atoms with E-state index in [0.717, 1.165) is 31.4 Å². The zero-order chi connectivity index (χ0) is 18.0. The summed E-state index contributed by atoms with van der Waals surface area (Å²) in [4.78, 5) is 27.9. The van der Waals surface area contributed by atoms with Crippen LogP contribution in [0.5, 0.6) is 0 Å². The van der Waals surface area contributed by atoms with E-state index < -0.39 is 23.1 Å². The molecule has 0 aromatic heterocycles. The molecule has 2 aliphatic rings. The Bertz CT molecular complexity index is 639. The molecule has 0 radical (unpaired) electrons. The van der Waals surface area contributed by atoms with Crippen LogP contribution < -0.4 is 5.73 Å². The van der Waals surface area contributed by atoms with Gasteiger partial charge in [0, 0.05) is 38.6 Å².